The molecule has 1 heterocycles. The van der Waals surface area contributed by atoms with Gasteiger partial charge >= 0.3 is 5.97 Å². The quantitative estimate of drug-likeness (QED) is 0.793. The first kappa shape index (κ1) is 15.0. The van der Waals surface area contributed by atoms with Crippen LogP contribution in [0.5, 0.6) is 0 Å². The molecule has 1 atom stereocenters. The third-order valence-corrected chi connectivity index (χ3v) is 5.26. The van der Waals surface area contributed by atoms with Crippen LogP contribution in [-0.2, 0) is 19.6 Å². The van der Waals surface area contributed by atoms with E-state index in [1.54, 1.807) is 37.3 Å². The van der Waals surface area contributed by atoms with Crippen LogP contribution in [0.25, 0.3) is 0 Å². The van der Waals surface area contributed by atoms with Crippen molar-refractivity contribution in [1.82, 2.24) is 4.31 Å². The summed E-state index contributed by atoms with van der Waals surface area (Å²) in [6.07, 6.45) is 1.36. The molecule has 6 heteroatoms. The molecular weight excluding hydrogens is 278 g/mol. The first-order valence-corrected chi connectivity index (χ1v) is 8.21. The average molecular weight is 297 g/mol. The maximum absolute atomic E-state index is 12.5. The van der Waals surface area contributed by atoms with E-state index in [-0.39, 0.29) is 23.3 Å². The second kappa shape index (κ2) is 6.37. The first-order chi connectivity index (χ1) is 9.55. The molecule has 0 radical (unpaired) electrons. The van der Waals surface area contributed by atoms with Crippen molar-refractivity contribution in [2.24, 2.45) is 5.92 Å². The van der Waals surface area contributed by atoms with Crippen LogP contribution in [0.4, 0.5) is 0 Å². The molecular formula is C14H19NO4S. The molecule has 1 aliphatic rings. The van der Waals surface area contributed by atoms with Crippen molar-refractivity contribution >= 4 is 16.0 Å². The van der Waals surface area contributed by atoms with E-state index in [0.717, 1.165) is 0 Å². The Morgan fingerprint density at radius 3 is 2.70 bits per heavy atom. The third-order valence-electron chi connectivity index (χ3n) is 3.39. The Morgan fingerprint density at radius 2 is 2.05 bits per heavy atom. The molecule has 0 amide bonds. The highest BCUT2D eigenvalue weighted by Gasteiger charge is 2.33. The lowest BCUT2D eigenvalue weighted by atomic mass is 10.0. The van der Waals surface area contributed by atoms with Gasteiger partial charge < -0.3 is 4.74 Å². The van der Waals surface area contributed by atoms with Gasteiger partial charge in [0, 0.05) is 13.1 Å². The van der Waals surface area contributed by atoms with Gasteiger partial charge in [0.15, 0.2) is 0 Å². The zero-order valence-corrected chi connectivity index (χ0v) is 12.3. The number of nitrogens with zero attached hydrogens (tertiary/aromatic N) is 1. The second-order valence-electron chi connectivity index (χ2n) is 4.77. The second-order valence-corrected chi connectivity index (χ2v) is 6.71. The van der Waals surface area contributed by atoms with Gasteiger partial charge in [-0.25, -0.2) is 8.42 Å². The number of carbonyl (C=O) groups is 1. The van der Waals surface area contributed by atoms with Crippen LogP contribution in [0.15, 0.2) is 35.2 Å². The number of ether oxygens (including phenoxy) is 1. The fraction of sp³-hybridized carbons (Fsp3) is 0.500. The van der Waals surface area contributed by atoms with E-state index in [4.69, 9.17) is 4.74 Å². The lowest BCUT2D eigenvalue weighted by molar-refractivity contribution is -0.149. The number of benzene rings is 1. The molecule has 1 saturated heterocycles. The van der Waals surface area contributed by atoms with Gasteiger partial charge in [-0.1, -0.05) is 18.2 Å². The fourth-order valence-corrected chi connectivity index (χ4v) is 3.90. The Hall–Kier alpha value is -1.40. The minimum absolute atomic E-state index is 0.204. The summed E-state index contributed by atoms with van der Waals surface area (Å²) in [6.45, 7) is 2.73. The molecule has 0 saturated carbocycles. The molecule has 2 rings (SSSR count). The van der Waals surface area contributed by atoms with Crippen molar-refractivity contribution in [2.45, 2.75) is 24.7 Å². The van der Waals surface area contributed by atoms with Crippen LogP contribution >= 0.6 is 0 Å². The third kappa shape index (κ3) is 3.19. The SMILES string of the molecule is CCOC(=O)[C@@H]1CCCN(S(=O)(=O)c2ccccc2)C1. The molecule has 110 valence electrons. The van der Waals surface area contributed by atoms with E-state index in [2.05, 4.69) is 0 Å². The summed E-state index contributed by atoms with van der Waals surface area (Å²) in [7, 11) is -3.52. The van der Waals surface area contributed by atoms with E-state index in [1.165, 1.54) is 4.31 Å². The van der Waals surface area contributed by atoms with Crippen molar-refractivity contribution in [3.63, 3.8) is 0 Å². The number of sulfonamides is 1. The van der Waals surface area contributed by atoms with Gasteiger partial charge in [-0.15, -0.1) is 0 Å². The minimum Gasteiger partial charge on any atom is -0.466 e. The molecule has 1 aliphatic heterocycles. The molecule has 0 bridgehead atoms. The molecule has 0 aromatic heterocycles. The van der Waals surface area contributed by atoms with Crippen LogP contribution in [-0.4, -0.2) is 38.4 Å². The molecule has 0 unspecified atom stereocenters. The highest BCUT2D eigenvalue weighted by Crippen LogP contribution is 2.24. The summed E-state index contributed by atoms with van der Waals surface area (Å²) in [5.74, 6) is -0.664. The smallest absolute Gasteiger partial charge is 0.310 e. The van der Waals surface area contributed by atoms with E-state index < -0.39 is 10.0 Å². The lowest BCUT2D eigenvalue weighted by Gasteiger charge is -2.30. The van der Waals surface area contributed by atoms with Crippen molar-refractivity contribution in [1.29, 1.82) is 0 Å². The Labute approximate surface area is 119 Å². The normalized spacial score (nSPS) is 20.6. The summed E-state index contributed by atoms with van der Waals surface area (Å²) in [5.41, 5.74) is 0. The topological polar surface area (TPSA) is 63.7 Å². The summed E-state index contributed by atoms with van der Waals surface area (Å²) < 4.78 is 31.3. The van der Waals surface area contributed by atoms with Gasteiger partial charge in [0.1, 0.15) is 0 Å². The minimum atomic E-state index is -3.52. The molecule has 0 spiro atoms. The fourth-order valence-electron chi connectivity index (χ4n) is 2.35. The van der Waals surface area contributed by atoms with Gasteiger partial charge in [-0.2, -0.15) is 4.31 Å². The summed E-state index contributed by atoms with van der Waals surface area (Å²) in [4.78, 5) is 12.0. The number of rotatable bonds is 4. The van der Waals surface area contributed by atoms with Crippen LogP contribution < -0.4 is 0 Å². The Bertz CT molecular complexity index is 556. The molecule has 5 nitrogen and oxygen atoms in total. The molecule has 0 N–H and O–H groups in total. The average Bonchev–Trinajstić information content (AvgIpc) is 2.48. The monoisotopic (exact) mass is 297 g/mol. The van der Waals surface area contributed by atoms with Gasteiger partial charge in [-0.3, -0.25) is 4.79 Å². The van der Waals surface area contributed by atoms with E-state index in [1.807, 2.05) is 0 Å². The maximum Gasteiger partial charge on any atom is 0.310 e. The number of carbonyl (C=O) groups excluding carboxylic acids is 1. The number of esters is 1. The van der Waals surface area contributed by atoms with Gasteiger partial charge in [0.25, 0.3) is 0 Å². The van der Waals surface area contributed by atoms with Crippen molar-refractivity contribution in [3.05, 3.63) is 30.3 Å². The van der Waals surface area contributed by atoms with Crippen LogP contribution in [0.3, 0.4) is 0 Å². The standard InChI is InChI=1S/C14H19NO4S/c1-2-19-14(16)12-7-6-10-15(11-12)20(17,18)13-8-4-3-5-9-13/h3-5,8-9,12H,2,6-7,10-11H2,1H3/t12-/m1/s1. The van der Waals surface area contributed by atoms with E-state index in [9.17, 15) is 13.2 Å². The van der Waals surface area contributed by atoms with Crippen molar-refractivity contribution < 1.29 is 17.9 Å². The van der Waals surface area contributed by atoms with Gasteiger partial charge in [0.2, 0.25) is 10.0 Å². The van der Waals surface area contributed by atoms with Gasteiger partial charge in [0.05, 0.1) is 17.4 Å². The summed E-state index contributed by atoms with van der Waals surface area (Å²) in [6, 6.07) is 8.31. The largest absolute Gasteiger partial charge is 0.466 e. The summed E-state index contributed by atoms with van der Waals surface area (Å²) >= 11 is 0. The summed E-state index contributed by atoms with van der Waals surface area (Å²) in [5, 5.41) is 0. The highest BCUT2D eigenvalue weighted by atomic mass is 32.2. The van der Waals surface area contributed by atoms with Crippen LogP contribution in [0.1, 0.15) is 19.8 Å². The predicted octanol–water partition coefficient (Wildman–Crippen LogP) is 1.65. The zero-order valence-electron chi connectivity index (χ0n) is 11.5. The highest BCUT2D eigenvalue weighted by molar-refractivity contribution is 7.89. The van der Waals surface area contributed by atoms with Crippen molar-refractivity contribution in [2.75, 3.05) is 19.7 Å². The lowest BCUT2D eigenvalue weighted by Crippen LogP contribution is -2.42. The molecule has 1 aromatic rings. The van der Waals surface area contributed by atoms with E-state index >= 15 is 0 Å². The molecule has 0 aliphatic carbocycles. The number of hydrogen-bond donors (Lipinski definition) is 0. The Morgan fingerprint density at radius 1 is 1.35 bits per heavy atom. The molecule has 1 fully saturated rings. The Kier molecular flexibility index (Phi) is 4.77. The zero-order chi connectivity index (χ0) is 14.6. The van der Waals surface area contributed by atoms with Crippen LogP contribution in [0, 0.1) is 5.92 Å². The number of piperidine rings is 1. The molecule has 1 aromatic carbocycles. The van der Waals surface area contributed by atoms with Gasteiger partial charge in [-0.05, 0) is 31.9 Å². The maximum atomic E-state index is 12.5. The first-order valence-electron chi connectivity index (χ1n) is 6.77. The predicted molar refractivity (Wildman–Crippen MR) is 74.6 cm³/mol. The van der Waals surface area contributed by atoms with Crippen LogP contribution in [0.2, 0.25) is 0 Å². The van der Waals surface area contributed by atoms with E-state index in [0.29, 0.717) is 26.0 Å². The van der Waals surface area contributed by atoms with Crippen molar-refractivity contribution in [3.8, 4) is 0 Å². The number of hydrogen-bond acceptors (Lipinski definition) is 4. The molecule has 20 heavy (non-hydrogen) atoms. The Balaban J connectivity index is 2.15.